The summed E-state index contributed by atoms with van der Waals surface area (Å²) in [7, 11) is 0. The zero-order chi connectivity index (χ0) is 13.4. The molecule has 1 atom stereocenters. The summed E-state index contributed by atoms with van der Waals surface area (Å²) in [5.41, 5.74) is 8.49. The summed E-state index contributed by atoms with van der Waals surface area (Å²) in [6, 6.07) is 5.31. The quantitative estimate of drug-likeness (QED) is 0.894. The molecule has 0 fully saturated rings. The lowest BCUT2D eigenvalue weighted by atomic mass is 10.0. The summed E-state index contributed by atoms with van der Waals surface area (Å²) in [5.74, 6) is 0. The summed E-state index contributed by atoms with van der Waals surface area (Å²) in [6.07, 6.45) is 4.72. The molecular formula is C14H14Cl2N2S. The first-order chi connectivity index (χ1) is 9.15. The highest BCUT2D eigenvalue weighted by Gasteiger charge is 2.20. The Kier molecular flexibility index (Phi) is 3.81. The average molecular weight is 313 g/mol. The highest BCUT2D eigenvalue weighted by molar-refractivity contribution is 7.11. The molecule has 100 valence electrons. The van der Waals surface area contributed by atoms with Crippen LogP contribution in [0.5, 0.6) is 0 Å². The molecular weight excluding hydrogens is 299 g/mol. The molecule has 0 saturated carbocycles. The number of nitrogens with zero attached hydrogens (tertiary/aromatic N) is 1. The van der Waals surface area contributed by atoms with Crippen LogP contribution < -0.4 is 5.73 Å². The number of benzene rings is 1. The summed E-state index contributed by atoms with van der Waals surface area (Å²) in [5, 5.41) is 2.07. The van der Waals surface area contributed by atoms with Crippen molar-refractivity contribution in [2.75, 3.05) is 0 Å². The number of hydrogen-bond acceptors (Lipinski definition) is 3. The first-order valence-corrected chi connectivity index (χ1v) is 7.91. The van der Waals surface area contributed by atoms with E-state index in [9.17, 15) is 0 Å². The number of halogens is 2. The van der Waals surface area contributed by atoms with E-state index in [1.807, 2.05) is 12.1 Å². The van der Waals surface area contributed by atoms with E-state index >= 15 is 0 Å². The lowest BCUT2D eigenvalue weighted by Gasteiger charge is -2.09. The van der Waals surface area contributed by atoms with Crippen LogP contribution in [0.1, 0.15) is 40.0 Å². The summed E-state index contributed by atoms with van der Waals surface area (Å²) < 4.78 is 0. The maximum Gasteiger partial charge on any atom is 0.114 e. The van der Waals surface area contributed by atoms with Gasteiger partial charge >= 0.3 is 0 Å². The lowest BCUT2D eigenvalue weighted by Crippen LogP contribution is -2.11. The van der Waals surface area contributed by atoms with Crippen LogP contribution in [-0.2, 0) is 12.8 Å². The number of rotatable bonds is 2. The van der Waals surface area contributed by atoms with Gasteiger partial charge in [-0.15, -0.1) is 11.3 Å². The number of hydrogen-bond donors (Lipinski definition) is 1. The van der Waals surface area contributed by atoms with E-state index in [2.05, 4.69) is 0 Å². The normalized spacial score (nSPS) is 16.2. The van der Waals surface area contributed by atoms with E-state index in [0.29, 0.717) is 10.0 Å². The largest absolute Gasteiger partial charge is 0.318 e. The smallest absolute Gasteiger partial charge is 0.114 e. The third kappa shape index (κ3) is 2.65. The highest BCUT2D eigenvalue weighted by Crippen LogP contribution is 2.33. The van der Waals surface area contributed by atoms with Crippen molar-refractivity contribution in [2.24, 2.45) is 5.73 Å². The molecule has 2 nitrogen and oxygen atoms in total. The van der Waals surface area contributed by atoms with Gasteiger partial charge in [0.15, 0.2) is 0 Å². The van der Waals surface area contributed by atoms with Crippen LogP contribution in [0.4, 0.5) is 0 Å². The highest BCUT2D eigenvalue weighted by atomic mass is 35.5. The average Bonchev–Trinajstić information content (AvgIpc) is 2.85. The predicted molar refractivity (Wildman–Crippen MR) is 81.2 cm³/mol. The second kappa shape index (κ2) is 5.41. The fourth-order valence-electron chi connectivity index (χ4n) is 2.35. The van der Waals surface area contributed by atoms with E-state index < -0.39 is 0 Å². The van der Waals surface area contributed by atoms with Crippen molar-refractivity contribution >= 4 is 34.5 Å². The van der Waals surface area contributed by atoms with E-state index in [1.54, 1.807) is 17.4 Å². The SMILES string of the molecule is NC(c1ccc(Cl)c(Cl)c1)c1nc2c(s1)CCCC2. The van der Waals surface area contributed by atoms with Crippen molar-refractivity contribution in [1.29, 1.82) is 0 Å². The third-order valence-electron chi connectivity index (χ3n) is 3.43. The second-order valence-corrected chi connectivity index (χ2v) is 6.71. The van der Waals surface area contributed by atoms with E-state index in [-0.39, 0.29) is 6.04 Å². The fraction of sp³-hybridized carbons (Fsp3) is 0.357. The summed E-state index contributed by atoms with van der Waals surface area (Å²) >= 11 is 13.7. The van der Waals surface area contributed by atoms with Gasteiger partial charge < -0.3 is 5.73 Å². The van der Waals surface area contributed by atoms with Gasteiger partial charge in [0.25, 0.3) is 0 Å². The van der Waals surface area contributed by atoms with E-state index in [0.717, 1.165) is 23.4 Å². The maximum atomic E-state index is 6.29. The van der Waals surface area contributed by atoms with Gasteiger partial charge in [0.05, 0.1) is 21.8 Å². The van der Waals surface area contributed by atoms with Crippen LogP contribution >= 0.6 is 34.5 Å². The predicted octanol–water partition coefficient (Wildman–Crippen LogP) is 4.38. The number of nitrogens with two attached hydrogens (primary N) is 1. The molecule has 19 heavy (non-hydrogen) atoms. The van der Waals surface area contributed by atoms with Crippen molar-refractivity contribution in [3.63, 3.8) is 0 Å². The third-order valence-corrected chi connectivity index (χ3v) is 5.41. The summed E-state index contributed by atoms with van der Waals surface area (Å²) in [4.78, 5) is 6.10. The van der Waals surface area contributed by atoms with Crippen molar-refractivity contribution in [3.8, 4) is 0 Å². The Balaban J connectivity index is 1.92. The van der Waals surface area contributed by atoms with Gasteiger partial charge in [-0.25, -0.2) is 4.98 Å². The molecule has 2 N–H and O–H groups in total. The van der Waals surface area contributed by atoms with Crippen molar-refractivity contribution in [3.05, 3.63) is 49.4 Å². The Morgan fingerprint density at radius 2 is 1.95 bits per heavy atom. The minimum Gasteiger partial charge on any atom is -0.318 e. The van der Waals surface area contributed by atoms with Gasteiger partial charge in [-0.05, 0) is 43.4 Å². The minimum atomic E-state index is -0.217. The van der Waals surface area contributed by atoms with Gasteiger partial charge in [0.1, 0.15) is 5.01 Å². The molecule has 5 heteroatoms. The number of thiazole rings is 1. The van der Waals surface area contributed by atoms with Crippen molar-refractivity contribution in [2.45, 2.75) is 31.7 Å². The molecule has 1 aliphatic carbocycles. The molecule has 1 unspecified atom stereocenters. The van der Waals surface area contributed by atoms with Gasteiger partial charge in [0, 0.05) is 4.88 Å². The van der Waals surface area contributed by atoms with Crippen molar-refractivity contribution < 1.29 is 0 Å². The lowest BCUT2D eigenvalue weighted by molar-refractivity contribution is 0.678. The van der Waals surface area contributed by atoms with E-state index in [4.69, 9.17) is 33.9 Å². The van der Waals surface area contributed by atoms with Crippen LogP contribution in [0.25, 0.3) is 0 Å². The maximum absolute atomic E-state index is 6.29. The van der Waals surface area contributed by atoms with Crippen molar-refractivity contribution in [1.82, 2.24) is 4.98 Å². The molecule has 0 saturated heterocycles. The molecule has 0 radical (unpaired) electrons. The van der Waals surface area contributed by atoms with E-state index in [1.165, 1.54) is 23.4 Å². The number of fused-ring (bicyclic) bond motifs is 1. The molecule has 1 aromatic carbocycles. The van der Waals surface area contributed by atoms with Crippen LogP contribution in [0.15, 0.2) is 18.2 Å². The molecule has 0 spiro atoms. The van der Waals surface area contributed by atoms with Crippen LogP contribution in [-0.4, -0.2) is 4.98 Å². The molecule has 0 amide bonds. The Labute approximate surface area is 126 Å². The number of aromatic nitrogens is 1. The molecule has 1 aromatic heterocycles. The van der Waals surface area contributed by atoms with Gasteiger partial charge in [-0.1, -0.05) is 29.3 Å². The topological polar surface area (TPSA) is 38.9 Å². The molecule has 1 aliphatic rings. The van der Waals surface area contributed by atoms with Crippen LogP contribution in [0, 0.1) is 0 Å². The fourth-order valence-corrected chi connectivity index (χ4v) is 3.84. The monoisotopic (exact) mass is 312 g/mol. The zero-order valence-electron chi connectivity index (χ0n) is 10.3. The minimum absolute atomic E-state index is 0.217. The Morgan fingerprint density at radius 1 is 1.16 bits per heavy atom. The van der Waals surface area contributed by atoms with Crippen LogP contribution in [0.3, 0.4) is 0 Å². The van der Waals surface area contributed by atoms with Gasteiger partial charge in [-0.3, -0.25) is 0 Å². The number of aryl methyl sites for hydroxylation is 2. The Bertz CT molecular complexity index is 586. The standard InChI is InChI=1S/C14H14Cl2N2S/c15-9-6-5-8(7-10(9)16)13(17)14-18-11-3-1-2-4-12(11)19-14/h5-7,13H,1-4,17H2. The second-order valence-electron chi connectivity index (χ2n) is 4.78. The Hall–Kier alpha value is -0.610. The zero-order valence-corrected chi connectivity index (χ0v) is 12.7. The Morgan fingerprint density at radius 3 is 2.68 bits per heavy atom. The van der Waals surface area contributed by atoms with Crippen LogP contribution in [0.2, 0.25) is 10.0 Å². The first-order valence-electron chi connectivity index (χ1n) is 6.34. The molecule has 3 rings (SSSR count). The van der Waals surface area contributed by atoms with Gasteiger partial charge in [0.2, 0.25) is 0 Å². The van der Waals surface area contributed by atoms with Gasteiger partial charge in [-0.2, -0.15) is 0 Å². The molecule has 1 heterocycles. The molecule has 2 aromatic rings. The molecule has 0 aliphatic heterocycles. The molecule has 0 bridgehead atoms. The first kappa shape index (κ1) is 13.4. The summed E-state index contributed by atoms with van der Waals surface area (Å²) in [6.45, 7) is 0.